The summed E-state index contributed by atoms with van der Waals surface area (Å²) in [4.78, 5) is 12.0. The summed E-state index contributed by atoms with van der Waals surface area (Å²) in [5.74, 6) is -0.255. The lowest BCUT2D eigenvalue weighted by atomic mass is 9.79. The van der Waals surface area contributed by atoms with E-state index in [1.807, 2.05) is 0 Å². The van der Waals surface area contributed by atoms with Crippen LogP contribution in [0.25, 0.3) is 0 Å². The van der Waals surface area contributed by atoms with Gasteiger partial charge in [0, 0.05) is 6.04 Å². The summed E-state index contributed by atoms with van der Waals surface area (Å²) in [6.07, 6.45) is 4.25. The highest BCUT2D eigenvalue weighted by molar-refractivity contribution is 6.58. The molecule has 18 heavy (non-hydrogen) atoms. The quantitative estimate of drug-likeness (QED) is 0.706. The number of halogens is 1. The predicted octanol–water partition coefficient (Wildman–Crippen LogP) is 0.692. The van der Waals surface area contributed by atoms with E-state index in [2.05, 4.69) is 5.32 Å². The minimum Gasteiger partial charge on any atom is -0.423 e. The second kappa shape index (κ2) is 5.74. The molecule has 0 unspecified atom stereocenters. The lowest BCUT2D eigenvalue weighted by Crippen LogP contribution is -2.35. The van der Waals surface area contributed by atoms with Crippen LogP contribution in [0, 0.1) is 0 Å². The van der Waals surface area contributed by atoms with Crippen LogP contribution in [0.4, 0.5) is 0 Å². The number of carbonyl (C=O) groups is 1. The van der Waals surface area contributed by atoms with Gasteiger partial charge in [0.1, 0.15) is 0 Å². The molecule has 1 amide bonds. The van der Waals surface area contributed by atoms with E-state index in [0.717, 1.165) is 25.7 Å². The number of rotatable bonds is 3. The molecule has 0 aliphatic heterocycles. The molecule has 6 heteroatoms. The Bertz CT molecular complexity index is 447. The largest absolute Gasteiger partial charge is 0.488 e. The van der Waals surface area contributed by atoms with Crippen molar-refractivity contribution in [3.8, 4) is 0 Å². The van der Waals surface area contributed by atoms with E-state index < -0.39 is 7.12 Å². The molecule has 96 valence electrons. The van der Waals surface area contributed by atoms with E-state index in [9.17, 15) is 4.79 Å². The molecule has 1 aliphatic carbocycles. The van der Waals surface area contributed by atoms with Crippen molar-refractivity contribution >= 4 is 30.1 Å². The first-order valence-corrected chi connectivity index (χ1v) is 6.42. The van der Waals surface area contributed by atoms with Crippen molar-refractivity contribution in [3.05, 3.63) is 28.8 Å². The number of amides is 1. The molecular weight excluding hydrogens is 252 g/mol. The SMILES string of the molecule is O=C(NC1CCCC1)c1cc(B(O)O)ccc1Cl. The standard InChI is InChI=1S/C12H15BClNO3/c14-11-6-5-8(13(17)18)7-10(11)12(16)15-9-3-1-2-4-9/h5-7,9,17-18H,1-4H2,(H,15,16). The number of carbonyl (C=O) groups excluding carboxylic acids is 1. The van der Waals surface area contributed by atoms with Crippen LogP contribution in [0.5, 0.6) is 0 Å². The molecule has 0 spiro atoms. The van der Waals surface area contributed by atoms with Crippen molar-refractivity contribution in [3.63, 3.8) is 0 Å². The Hall–Kier alpha value is -1.04. The maximum Gasteiger partial charge on any atom is 0.488 e. The Kier molecular flexibility index (Phi) is 4.27. The van der Waals surface area contributed by atoms with Gasteiger partial charge >= 0.3 is 7.12 Å². The average molecular weight is 268 g/mol. The van der Waals surface area contributed by atoms with Crippen LogP contribution >= 0.6 is 11.6 Å². The molecule has 1 saturated carbocycles. The van der Waals surface area contributed by atoms with E-state index in [1.54, 1.807) is 0 Å². The molecule has 4 nitrogen and oxygen atoms in total. The smallest absolute Gasteiger partial charge is 0.423 e. The minimum atomic E-state index is -1.60. The molecular formula is C12H15BClNO3. The first kappa shape index (κ1) is 13.4. The van der Waals surface area contributed by atoms with E-state index >= 15 is 0 Å². The Morgan fingerprint density at radius 3 is 2.61 bits per heavy atom. The minimum absolute atomic E-state index is 0.205. The van der Waals surface area contributed by atoms with Crippen LogP contribution in [0.1, 0.15) is 36.0 Å². The summed E-state index contributed by atoms with van der Waals surface area (Å²) >= 11 is 5.96. The molecule has 0 aromatic heterocycles. The molecule has 0 bridgehead atoms. The Morgan fingerprint density at radius 1 is 1.33 bits per heavy atom. The van der Waals surface area contributed by atoms with Crippen LogP contribution in [0.3, 0.4) is 0 Å². The fourth-order valence-electron chi connectivity index (χ4n) is 2.21. The van der Waals surface area contributed by atoms with Crippen LogP contribution in [0.15, 0.2) is 18.2 Å². The molecule has 1 aromatic rings. The lowest BCUT2D eigenvalue weighted by Gasteiger charge is -2.13. The molecule has 1 aliphatic rings. The van der Waals surface area contributed by atoms with Crippen LogP contribution < -0.4 is 10.8 Å². The number of hydrogen-bond acceptors (Lipinski definition) is 3. The first-order valence-electron chi connectivity index (χ1n) is 6.04. The van der Waals surface area contributed by atoms with Crippen LogP contribution in [-0.4, -0.2) is 29.1 Å². The van der Waals surface area contributed by atoms with Crippen LogP contribution in [-0.2, 0) is 0 Å². The monoisotopic (exact) mass is 267 g/mol. The number of nitrogens with one attached hydrogen (secondary N) is 1. The van der Waals surface area contributed by atoms with Gasteiger partial charge in [-0.2, -0.15) is 0 Å². The van der Waals surface area contributed by atoms with Gasteiger partial charge in [-0.3, -0.25) is 4.79 Å². The van der Waals surface area contributed by atoms with Gasteiger partial charge < -0.3 is 15.4 Å². The lowest BCUT2D eigenvalue weighted by molar-refractivity contribution is 0.0938. The summed E-state index contributed by atoms with van der Waals surface area (Å²) < 4.78 is 0. The topological polar surface area (TPSA) is 69.6 Å². The van der Waals surface area contributed by atoms with E-state index in [-0.39, 0.29) is 23.0 Å². The van der Waals surface area contributed by atoms with Crippen LogP contribution in [0.2, 0.25) is 5.02 Å². The highest BCUT2D eigenvalue weighted by atomic mass is 35.5. The number of benzene rings is 1. The summed E-state index contributed by atoms with van der Waals surface area (Å²) in [6, 6.07) is 4.60. The number of hydrogen-bond donors (Lipinski definition) is 3. The van der Waals surface area contributed by atoms with Crippen molar-refractivity contribution in [1.29, 1.82) is 0 Å². The Morgan fingerprint density at radius 2 is 2.00 bits per heavy atom. The van der Waals surface area contributed by atoms with Gasteiger partial charge in [-0.15, -0.1) is 0 Å². The second-order valence-electron chi connectivity index (χ2n) is 4.57. The van der Waals surface area contributed by atoms with E-state index in [0.29, 0.717) is 5.02 Å². The fraction of sp³-hybridized carbons (Fsp3) is 0.417. The van der Waals surface area contributed by atoms with Crippen molar-refractivity contribution < 1.29 is 14.8 Å². The molecule has 1 fully saturated rings. The highest BCUT2D eigenvalue weighted by Crippen LogP contribution is 2.19. The van der Waals surface area contributed by atoms with Crippen molar-refractivity contribution in [2.45, 2.75) is 31.7 Å². The Labute approximate surface area is 111 Å². The fourth-order valence-corrected chi connectivity index (χ4v) is 2.41. The predicted molar refractivity (Wildman–Crippen MR) is 71.0 cm³/mol. The third-order valence-corrected chi connectivity index (χ3v) is 3.55. The summed E-state index contributed by atoms with van der Waals surface area (Å²) in [5, 5.41) is 21.4. The molecule has 1 aromatic carbocycles. The third kappa shape index (κ3) is 3.04. The van der Waals surface area contributed by atoms with E-state index in [1.165, 1.54) is 18.2 Å². The van der Waals surface area contributed by atoms with Crippen molar-refractivity contribution in [2.75, 3.05) is 0 Å². The zero-order valence-corrected chi connectivity index (χ0v) is 10.7. The van der Waals surface area contributed by atoms with Gasteiger partial charge in [0.15, 0.2) is 0 Å². The maximum absolute atomic E-state index is 12.0. The van der Waals surface area contributed by atoms with Gasteiger partial charge in [0.05, 0.1) is 10.6 Å². The molecule has 0 radical (unpaired) electrons. The molecule has 0 heterocycles. The maximum atomic E-state index is 12.0. The van der Waals surface area contributed by atoms with Crippen molar-refractivity contribution in [2.24, 2.45) is 0 Å². The third-order valence-electron chi connectivity index (χ3n) is 3.22. The van der Waals surface area contributed by atoms with Gasteiger partial charge in [-0.1, -0.05) is 30.5 Å². The highest BCUT2D eigenvalue weighted by Gasteiger charge is 2.21. The van der Waals surface area contributed by atoms with Gasteiger partial charge in [0.25, 0.3) is 5.91 Å². The first-order chi connectivity index (χ1) is 8.58. The normalized spacial score (nSPS) is 15.7. The van der Waals surface area contributed by atoms with Gasteiger partial charge in [-0.25, -0.2) is 0 Å². The average Bonchev–Trinajstić information content (AvgIpc) is 2.81. The summed E-state index contributed by atoms with van der Waals surface area (Å²) in [6.45, 7) is 0. The zero-order valence-electron chi connectivity index (χ0n) is 9.90. The van der Waals surface area contributed by atoms with Gasteiger partial charge in [0.2, 0.25) is 0 Å². The molecule has 2 rings (SSSR count). The summed E-state index contributed by atoms with van der Waals surface area (Å²) in [7, 11) is -1.60. The molecule has 3 N–H and O–H groups in total. The second-order valence-corrected chi connectivity index (χ2v) is 4.97. The molecule has 0 saturated heterocycles. The van der Waals surface area contributed by atoms with E-state index in [4.69, 9.17) is 21.6 Å². The summed E-state index contributed by atoms with van der Waals surface area (Å²) in [5.41, 5.74) is 0.546. The molecule has 0 atom stereocenters. The Balaban J connectivity index is 2.15. The zero-order chi connectivity index (χ0) is 13.1. The van der Waals surface area contributed by atoms with Crippen molar-refractivity contribution in [1.82, 2.24) is 5.32 Å². The van der Waals surface area contributed by atoms with Gasteiger partial charge in [-0.05, 0) is 30.4 Å².